The molecule has 3 heterocycles. The maximum absolute atomic E-state index is 10.1. The van der Waals surface area contributed by atoms with E-state index in [0.717, 1.165) is 5.69 Å². The highest BCUT2D eigenvalue weighted by atomic mass is 16.4. The molecule has 1 unspecified atom stereocenters. The Bertz CT molecular complexity index is 937. The van der Waals surface area contributed by atoms with Gasteiger partial charge in [-0.3, -0.25) is 10.00 Å². The van der Waals surface area contributed by atoms with E-state index in [4.69, 9.17) is 21.1 Å². The number of aromatic amines is 1. The summed E-state index contributed by atoms with van der Waals surface area (Å²) in [5.41, 5.74) is 7.60. The van der Waals surface area contributed by atoms with Crippen molar-refractivity contribution in [2.45, 2.75) is 19.6 Å². The molecule has 0 bridgehead atoms. The first-order chi connectivity index (χ1) is 14.3. The predicted molar refractivity (Wildman–Crippen MR) is 107 cm³/mol. The van der Waals surface area contributed by atoms with Gasteiger partial charge in [0.1, 0.15) is 11.8 Å². The van der Waals surface area contributed by atoms with Crippen molar-refractivity contribution < 1.29 is 25.2 Å². The van der Waals surface area contributed by atoms with E-state index in [9.17, 15) is 9.90 Å². The van der Waals surface area contributed by atoms with Crippen LogP contribution in [-0.4, -0.2) is 100.0 Å². The van der Waals surface area contributed by atoms with E-state index in [2.05, 4.69) is 25.1 Å². The molecule has 0 aromatic carbocycles. The van der Waals surface area contributed by atoms with Crippen LogP contribution in [0.15, 0.2) is 18.7 Å². The van der Waals surface area contributed by atoms with Crippen LogP contribution >= 0.6 is 0 Å². The average Bonchev–Trinajstić information content (AvgIpc) is 3.30. The molecule has 0 radical (unpaired) electrons. The number of nitrogen functional groups attached to an aromatic ring is 1. The standard InChI is InChI=1S/C12H20N6O3.C5H6N2O2/c13-11-10-12(15-7-14-11)18(8-16-10)6-9(21)5-17(1-3-19)2-4-20;1-3-2-4(5(8)9)7-6-3/h7-9,19-21H,1-6H2,(H2,13,14,15);2H,1H3,(H,6,7)(H,8,9). The lowest BCUT2D eigenvalue weighted by molar-refractivity contribution is 0.0690. The maximum Gasteiger partial charge on any atom is 0.356 e. The minimum atomic E-state index is -1.00. The summed E-state index contributed by atoms with van der Waals surface area (Å²) in [6, 6.07) is 1.47. The van der Waals surface area contributed by atoms with Crippen molar-refractivity contribution in [3.8, 4) is 0 Å². The first-order valence-electron chi connectivity index (χ1n) is 9.14. The molecule has 0 saturated carbocycles. The van der Waals surface area contributed by atoms with E-state index in [0.29, 0.717) is 43.2 Å². The van der Waals surface area contributed by atoms with Crippen molar-refractivity contribution in [1.82, 2.24) is 34.6 Å². The number of nitrogens with zero attached hydrogens (tertiary/aromatic N) is 6. The Morgan fingerprint density at radius 3 is 2.50 bits per heavy atom. The van der Waals surface area contributed by atoms with Crippen LogP contribution in [0.3, 0.4) is 0 Å². The van der Waals surface area contributed by atoms with Crippen molar-refractivity contribution in [3.63, 3.8) is 0 Å². The van der Waals surface area contributed by atoms with Gasteiger partial charge in [0.25, 0.3) is 0 Å². The lowest BCUT2D eigenvalue weighted by atomic mass is 10.3. The number of H-pyrrole nitrogens is 1. The lowest BCUT2D eigenvalue weighted by Crippen LogP contribution is -2.38. The maximum atomic E-state index is 10.1. The van der Waals surface area contributed by atoms with Crippen LogP contribution < -0.4 is 5.73 Å². The monoisotopic (exact) mass is 422 g/mol. The summed E-state index contributed by atoms with van der Waals surface area (Å²) in [5, 5.41) is 42.4. The highest BCUT2D eigenvalue weighted by Crippen LogP contribution is 2.14. The number of fused-ring (bicyclic) bond motifs is 1. The fourth-order valence-corrected chi connectivity index (χ4v) is 2.72. The van der Waals surface area contributed by atoms with Gasteiger partial charge in [-0.05, 0) is 13.0 Å². The molecule has 0 saturated heterocycles. The lowest BCUT2D eigenvalue weighted by Gasteiger charge is -2.23. The third-order valence-corrected chi connectivity index (χ3v) is 4.06. The van der Waals surface area contributed by atoms with Gasteiger partial charge >= 0.3 is 5.97 Å². The molecular weight excluding hydrogens is 396 g/mol. The molecule has 1 atom stereocenters. The number of hydrogen-bond acceptors (Lipinski definition) is 10. The second-order valence-electron chi connectivity index (χ2n) is 6.47. The summed E-state index contributed by atoms with van der Waals surface area (Å²) in [5.74, 6) is -0.699. The molecule has 3 rings (SSSR count). The second-order valence-corrected chi connectivity index (χ2v) is 6.47. The van der Waals surface area contributed by atoms with Gasteiger partial charge in [0.2, 0.25) is 0 Å². The Labute approximate surface area is 171 Å². The molecule has 3 aromatic rings. The van der Waals surface area contributed by atoms with E-state index in [1.54, 1.807) is 22.7 Å². The molecule has 30 heavy (non-hydrogen) atoms. The molecule has 0 fully saturated rings. The summed E-state index contributed by atoms with van der Waals surface area (Å²) in [4.78, 5) is 24.0. The Balaban J connectivity index is 0.000000297. The number of anilines is 1. The number of hydrogen-bond donors (Lipinski definition) is 6. The molecule has 164 valence electrons. The number of imidazole rings is 1. The number of carboxylic acid groups (broad SMARTS) is 1. The van der Waals surface area contributed by atoms with Crippen LogP contribution in [0.1, 0.15) is 16.2 Å². The number of aromatic nitrogens is 6. The van der Waals surface area contributed by atoms with Crippen molar-refractivity contribution in [1.29, 1.82) is 0 Å². The number of nitrogens with one attached hydrogen (secondary N) is 1. The molecule has 13 heteroatoms. The van der Waals surface area contributed by atoms with Crippen molar-refractivity contribution in [3.05, 3.63) is 30.1 Å². The SMILES string of the molecule is Cc1cc(C(=O)O)n[nH]1.Nc1ncnc2c1ncn2CC(O)CN(CCO)CCO. The number of rotatable bonds is 9. The Kier molecular flexibility index (Phi) is 8.61. The molecule has 0 spiro atoms. The highest BCUT2D eigenvalue weighted by Gasteiger charge is 2.14. The summed E-state index contributed by atoms with van der Waals surface area (Å²) in [6.45, 7) is 3.13. The first kappa shape index (κ1) is 23.2. The molecule has 3 aromatic heterocycles. The van der Waals surface area contributed by atoms with Crippen LogP contribution in [-0.2, 0) is 6.54 Å². The Morgan fingerprint density at radius 1 is 1.27 bits per heavy atom. The molecule has 0 aliphatic carbocycles. The van der Waals surface area contributed by atoms with E-state index >= 15 is 0 Å². The van der Waals surface area contributed by atoms with Crippen LogP contribution in [0.4, 0.5) is 5.82 Å². The zero-order valence-electron chi connectivity index (χ0n) is 16.5. The number of carboxylic acids is 1. The van der Waals surface area contributed by atoms with E-state index in [1.165, 1.54) is 12.4 Å². The number of aromatic carboxylic acids is 1. The smallest absolute Gasteiger partial charge is 0.356 e. The van der Waals surface area contributed by atoms with Crippen LogP contribution in [0.25, 0.3) is 11.2 Å². The summed E-state index contributed by atoms with van der Waals surface area (Å²) >= 11 is 0. The van der Waals surface area contributed by atoms with Crippen LogP contribution in [0.2, 0.25) is 0 Å². The molecule has 7 N–H and O–H groups in total. The van der Waals surface area contributed by atoms with Gasteiger partial charge in [0.05, 0.1) is 32.2 Å². The zero-order chi connectivity index (χ0) is 22.1. The van der Waals surface area contributed by atoms with Crippen molar-refractivity contribution in [2.24, 2.45) is 0 Å². The summed E-state index contributed by atoms with van der Waals surface area (Å²) < 4.78 is 1.70. The summed E-state index contributed by atoms with van der Waals surface area (Å²) in [7, 11) is 0. The summed E-state index contributed by atoms with van der Waals surface area (Å²) in [6.07, 6.45) is 2.23. The number of carbonyl (C=O) groups is 1. The van der Waals surface area contributed by atoms with E-state index in [1.807, 2.05) is 0 Å². The minimum absolute atomic E-state index is 0.0233. The third-order valence-electron chi connectivity index (χ3n) is 4.06. The second kappa shape index (κ2) is 11.2. The van der Waals surface area contributed by atoms with Gasteiger partial charge in [-0.2, -0.15) is 5.10 Å². The van der Waals surface area contributed by atoms with E-state index in [-0.39, 0.29) is 18.9 Å². The number of aliphatic hydroxyl groups is 3. The molecule has 0 aliphatic rings. The first-order valence-corrected chi connectivity index (χ1v) is 9.14. The molecule has 13 nitrogen and oxygen atoms in total. The fourth-order valence-electron chi connectivity index (χ4n) is 2.72. The van der Waals surface area contributed by atoms with Gasteiger partial charge in [0, 0.05) is 25.3 Å². The van der Waals surface area contributed by atoms with E-state index < -0.39 is 12.1 Å². The van der Waals surface area contributed by atoms with Gasteiger partial charge in [-0.15, -0.1) is 0 Å². The topological polar surface area (TPSA) is 200 Å². The Hall–Kier alpha value is -3.13. The van der Waals surface area contributed by atoms with Crippen molar-refractivity contribution in [2.75, 3.05) is 38.6 Å². The fraction of sp³-hybridized carbons (Fsp3) is 0.471. The number of aryl methyl sites for hydroxylation is 1. The zero-order valence-corrected chi connectivity index (χ0v) is 16.5. The predicted octanol–water partition coefficient (Wildman–Crippen LogP) is -1.53. The molecule has 0 aliphatic heterocycles. The van der Waals surface area contributed by atoms with Gasteiger partial charge in [-0.1, -0.05) is 0 Å². The largest absolute Gasteiger partial charge is 0.476 e. The minimum Gasteiger partial charge on any atom is -0.476 e. The van der Waals surface area contributed by atoms with Crippen LogP contribution in [0.5, 0.6) is 0 Å². The normalized spacial score (nSPS) is 12.0. The van der Waals surface area contributed by atoms with Gasteiger partial charge < -0.3 is 30.7 Å². The number of aliphatic hydroxyl groups excluding tert-OH is 3. The van der Waals surface area contributed by atoms with Gasteiger partial charge in [-0.25, -0.2) is 19.7 Å². The average molecular weight is 422 g/mol. The quantitative estimate of drug-likeness (QED) is 0.234. The third kappa shape index (κ3) is 6.45. The number of nitrogens with two attached hydrogens (primary N) is 1. The molecular formula is C17H26N8O5. The Morgan fingerprint density at radius 2 is 1.97 bits per heavy atom. The van der Waals surface area contributed by atoms with Gasteiger partial charge in [0.15, 0.2) is 17.2 Å². The van der Waals surface area contributed by atoms with Crippen LogP contribution in [0, 0.1) is 6.92 Å². The molecule has 0 amide bonds. The highest BCUT2D eigenvalue weighted by molar-refractivity contribution is 5.85. The van der Waals surface area contributed by atoms with Crippen molar-refractivity contribution >= 4 is 23.0 Å².